The Morgan fingerprint density at radius 3 is 2.67 bits per heavy atom. The van der Waals surface area contributed by atoms with E-state index in [1.165, 1.54) is 16.7 Å². The molecule has 1 fully saturated rings. The van der Waals surface area contributed by atoms with E-state index in [0.29, 0.717) is 6.42 Å². The van der Waals surface area contributed by atoms with Crippen LogP contribution in [0.3, 0.4) is 0 Å². The minimum absolute atomic E-state index is 0.0457. The van der Waals surface area contributed by atoms with Crippen molar-refractivity contribution in [3.8, 4) is 0 Å². The van der Waals surface area contributed by atoms with Crippen molar-refractivity contribution in [1.82, 2.24) is 20.1 Å². The molecule has 0 aliphatic carbocycles. The molecule has 10 heteroatoms. The number of hydrogen-bond donors (Lipinski definition) is 2. The minimum atomic E-state index is -2.99. The Balaban J connectivity index is 2.02. The van der Waals surface area contributed by atoms with Gasteiger partial charge in [-0.05, 0) is 12.8 Å². The molecule has 154 valence electrons. The number of nitrogens with one attached hydrogen (secondary N) is 2. The number of aromatic nitrogens is 3. The van der Waals surface area contributed by atoms with Crippen molar-refractivity contribution in [2.24, 2.45) is 0 Å². The van der Waals surface area contributed by atoms with E-state index in [2.05, 4.69) is 48.0 Å². The molecule has 8 nitrogen and oxygen atoms in total. The summed E-state index contributed by atoms with van der Waals surface area (Å²) in [6.45, 7) is 5.13. The zero-order valence-electron chi connectivity index (χ0n) is 16.7. The smallest absolute Gasteiger partial charge is 0.230 e. The quantitative estimate of drug-likeness (QED) is 0.522. The lowest BCUT2D eigenvalue weighted by Crippen LogP contribution is -3.06. The van der Waals surface area contributed by atoms with Gasteiger partial charge in [0.25, 0.3) is 0 Å². The van der Waals surface area contributed by atoms with Crippen LogP contribution in [0.1, 0.15) is 51.4 Å². The third kappa shape index (κ3) is 6.18. The first-order chi connectivity index (χ1) is 12.8. The number of carbonyl (C=O) groups is 1. The fraction of sp³-hybridized carbons (Fsp3) is 0.824. The second-order valence-corrected chi connectivity index (χ2v) is 10.5. The highest BCUT2D eigenvalue weighted by atomic mass is 32.2. The van der Waals surface area contributed by atoms with Gasteiger partial charge in [-0.2, -0.15) is 0 Å². The van der Waals surface area contributed by atoms with E-state index in [4.69, 9.17) is 0 Å². The van der Waals surface area contributed by atoms with Gasteiger partial charge in [-0.15, -0.1) is 10.2 Å². The highest BCUT2D eigenvalue weighted by Crippen LogP contribution is 2.22. The Bertz CT molecular complexity index is 733. The van der Waals surface area contributed by atoms with Crippen molar-refractivity contribution >= 4 is 27.5 Å². The average Bonchev–Trinajstić information content (AvgIpc) is 3.14. The lowest BCUT2D eigenvalue weighted by molar-refractivity contribution is -0.893. The van der Waals surface area contributed by atoms with Gasteiger partial charge in [-0.1, -0.05) is 32.0 Å². The maximum absolute atomic E-state index is 12.2. The Hall–Kier alpha value is -1.13. The summed E-state index contributed by atoms with van der Waals surface area (Å²) in [5.41, 5.74) is 0. The number of nitrogens with zero attached hydrogens (tertiary/aromatic N) is 3. The summed E-state index contributed by atoms with van der Waals surface area (Å²) >= 11 is 1.37. The van der Waals surface area contributed by atoms with Gasteiger partial charge in [0.05, 0.1) is 31.4 Å². The Morgan fingerprint density at radius 2 is 2.11 bits per heavy atom. The van der Waals surface area contributed by atoms with Gasteiger partial charge >= 0.3 is 0 Å². The van der Waals surface area contributed by atoms with Crippen molar-refractivity contribution < 1.29 is 18.1 Å². The average molecular weight is 419 g/mol. The van der Waals surface area contributed by atoms with Crippen LogP contribution in [0.5, 0.6) is 0 Å². The largest absolute Gasteiger partial charge is 0.352 e. The summed E-state index contributed by atoms with van der Waals surface area (Å²) in [7, 11) is 1.24. The molecule has 1 aromatic heterocycles. The molecule has 0 unspecified atom stereocenters. The SMILES string of the molecule is CCCCn1c(SCC(=O)N[C@@H]2CCS(=O)(=O)C2)nnc1[C@H](CC)[NH+](C)C. The number of sulfone groups is 1. The van der Waals surface area contributed by atoms with E-state index in [-0.39, 0.29) is 35.2 Å². The second-order valence-electron chi connectivity index (χ2n) is 7.34. The first-order valence-electron chi connectivity index (χ1n) is 9.63. The summed E-state index contributed by atoms with van der Waals surface area (Å²) < 4.78 is 25.2. The molecule has 2 heterocycles. The Kier molecular flexibility index (Phi) is 8.11. The first-order valence-corrected chi connectivity index (χ1v) is 12.4. The van der Waals surface area contributed by atoms with E-state index in [1.54, 1.807) is 0 Å². The van der Waals surface area contributed by atoms with Gasteiger partial charge in [-0.3, -0.25) is 4.79 Å². The van der Waals surface area contributed by atoms with Crippen LogP contribution in [0.25, 0.3) is 0 Å². The van der Waals surface area contributed by atoms with Crippen LogP contribution in [0.15, 0.2) is 5.16 Å². The van der Waals surface area contributed by atoms with E-state index >= 15 is 0 Å². The normalized spacial score (nSPS) is 20.1. The molecule has 1 saturated heterocycles. The first kappa shape index (κ1) is 22.2. The molecule has 1 amide bonds. The van der Waals surface area contributed by atoms with Gasteiger partial charge < -0.3 is 14.8 Å². The van der Waals surface area contributed by atoms with Crippen LogP contribution in [-0.4, -0.2) is 66.5 Å². The van der Waals surface area contributed by atoms with E-state index in [9.17, 15) is 13.2 Å². The molecule has 0 spiro atoms. The molecule has 0 aromatic carbocycles. The predicted molar refractivity (Wildman–Crippen MR) is 107 cm³/mol. The summed E-state index contributed by atoms with van der Waals surface area (Å²) in [6.07, 6.45) is 3.57. The van der Waals surface area contributed by atoms with Crippen LogP contribution in [0, 0.1) is 0 Å². The maximum atomic E-state index is 12.2. The number of hydrogen-bond acceptors (Lipinski definition) is 6. The van der Waals surface area contributed by atoms with Gasteiger partial charge in [0.1, 0.15) is 6.04 Å². The highest BCUT2D eigenvalue weighted by molar-refractivity contribution is 7.99. The monoisotopic (exact) mass is 418 g/mol. The number of unbranched alkanes of at least 4 members (excludes halogenated alkanes) is 1. The number of thioether (sulfide) groups is 1. The van der Waals surface area contributed by atoms with Crippen LogP contribution >= 0.6 is 11.8 Å². The molecule has 0 bridgehead atoms. The Labute approximate surface area is 166 Å². The second kappa shape index (κ2) is 9.88. The van der Waals surface area contributed by atoms with Gasteiger partial charge in [0, 0.05) is 19.0 Å². The molecule has 0 saturated carbocycles. The summed E-state index contributed by atoms with van der Waals surface area (Å²) in [5, 5.41) is 12.3. The van der Waals surface area contributed by atoms with Crippen molar-refractivity contribution in [2.75, 3.05) is 31.4 Å². The number of quaternary nitrogens is 1. The predicted octanol–water partition coefficient (Wildman–Crippen LogP) is 0.0692. The molecule has 0 radical (unpaired) electrons. The van der Waals surface area contributed by atoms with Gasteiger partial charge in [0.2, 0.25) is 5.91 Å². The molecule has 2 rings (SSSR count). The number of amides is 1. The maximum Gasteiger partial charge on any atom is 0.230 e. The molecule has 1 aromatic rings. The van der Waals surface area contributed by atoms with Crippen molar-refractivity contribution in [3.63, 3.8) is 0 Å². The molecule has 2 atom stereocenters. The van der Waals surface area contributed by atoms with Crippen molar-refractivity contribution in [3.05, 3.63) is 5.82 Å². The lowest BCUT2D eigenvalue weighted by atomic mass is 10.2. The molecule has 27 heavy (non-hydrogen) atoms. The third-order valence-corrected chi connectivity index (χ3v) is 7.56. The standard InChI is InChI=1S/C17H31N5O3S2/c1-5-7-9-22-16(14(6-2)21(3)4)19-20-17(22)26-11-15(23)18-13-8-10-27(24,25)12-13/h13-14H,5-12H2,1-4H3,(H,18,23)/p+1/t13-,14+/m1/s1. The molecule has 1 aliphatic rings. The lowest BCUT2D eigenvalue weighted by Gasteiger charge is -2.20. The Morgan fingerprint density at radius 1 is 1.37 bits per heavy atom. The van der Waals surface area contributed by atoms with Crippen LogP contribution in [0.4, 0.5) is 0 Å². The zero-order valence-corrected chi connectivity index (χ0v) is 18.3. The number of carbonyl (C=O) groups excluding carboxylic acids is 1. The third-order valence-electron chi connectivity index (χ3n) is 4.83. The van der Waals surface area contributed by atoms with Gasteiger partial charge in [-0.25, -0.2) is 8.42 Å². The van der Waals surface area contributed by atoms with Crippen LogP contribution in [0.2, 0.25) is 0 Å². The summed E-state index contributed by atoms with van der Waals surface area (Å²) in [6, 6.07) is -0.000312. The highest BCUT2D eigenvalue weighted by Gasteiger charge is 2.29. The minimum Gasteiger partial charge on any atom is -0.352 e. The molecular weight excluding hydrogens is 386 g/mol. The van der Waals surface area contributed by atoms with E-state index in [1.807, 2.05) is 0 Å². The zero-order chi connectivity index (χ0) is 20.0. The van der Waals surface area contributed by atoms with Crippen molar-refractivity contribution in [1.29, 1.82) is 0 Å². The molecule has 1 aliphatic heterocycles. The van der Waals surface area contributed by atoms with Crippen LogP contribution < -0.4 is 10.2 Å². The summed E-state index contributed by atoms with van der Waals surface area (Å²) in [4.78, 5) is 13.5. The van der Waals surface area contributed by atoms with E-state index < -0.39 is 9.84 Å². The van der Waals surface area contributed by atoms with E-state index in [0.717, 1.165) is 36.8 Å². The molecular formula is C17H32N5O3S2+. The fourth-order valence-electron chi connectivity index (χ4n) is 3.35. The fourth-order valence-corrected chi connectivity index (χ4v) is 5.80. The number of rotatable bonds is 10. The van der Waals surface area contributed by atoms with Gasteiger partial charge in [0.15, 0.2) is 20.8 Å². The molecule has 2 N–H and O–H groups in total. The topological polar surface area (TPSA) is 98.4 Å². The summed E-state index contributed by atoms with van der Waals surface area (Å²) in [5.74, 6) is 1.23. The van der Waals surface area contributed by atoms with Crippen LogP contribution in [-0.2, 0) is 21.2 Å². The van der Waals surface area contributed by atoms with Crippen molar-refractivity contribution in [2.45, 2.75) is 63.3 Å².